The monoisotopic (exact) mass is 481 g/mol. The molecule has 0 bridgehead atoms. The van der Waals surface area contributed by atoms with Gasteiger partial charge < -0.3 is 25.1 Å². The van der Waals surface area contributed by atoms with E-state index in [-0.39, 0.29) is 5.92 Å². The third-order valence-electron chi connectivity index (χ3n) is 6.71. The maximum atomic E-state index is 12.4. The Hall–Kier alpha value is -2.54. The van der Waals surface area contributed by atoms with Crippen LogP contribution in [-0.2, 0) is 11.2 Å². The first-order valence-electron chi connectivity index (χ1n) is 10.2. The first-order valence-corrected chi connectivity index (χ1v) is 11.0. The molecule has 5 nitrogen and oxygen atoms in total. The zero-order valence-corrected chi connectivity index (χ0v) is 18.9. The highest BCUT2D eigenvalue weighted by atomic mass is 79.9. The minimum absolute atomic E-state index is 0.169. The molecule has 3 aromatic rings. The van der Waals surface area contributed by atoms with E-state index < -0.39 is 17.2 Å². The largest absolute Gasteiger partial charge is 0.496 e. The second kappa shape index (κ2) is 7.26. The van der Waals surface area contributed by atoms with Crippen LogP contribution in [-0.4, -0.2) is 25.4 Å². The number of halogens is 1. The van der Waals surface area contributed by atoms with E-state index in [4.69, 9.17) is 19.9 Å². The molecule has 3 N–H and O–H groups in total. The van der Waals surface area contributed by atoms with Crippen molar-refractivity contribution in [1.82, 2.24) is 0 Å². The lowest BCUT2D eigenvalue weighted by atomic mass is 9.71. The Bertz CT molecular complexity index is 1120. The first kappa shape index (κ1) is 20.4. The van der Waals surface area contributed by atoms with Crippen LogP contribution in [0.5, 0.6) is 17.2 Å². The Kier molecular flexibility index (Phi) is 4.77. The SMILES string of the molecule is COc1cc(OC)c2c(c1)O[C@@]1(c3ccc(Br)cc3)[C@H](c3ccccc3)C[C@H](N)[C@@]21O. The van der Waals surface area contributed by atoms with Gasteiger partial charge in [0.1, 0.15) is 17.2 Å². The molecule has 6 heteroatoms. The topological polar surface area (TPSA) is 73.9 Å². The summed E-state index contributed by atoms with van der Waals surface area (Å²) in [5.41, 5.74) is 6.61. The van der Waals surface area contributed by atoms with Crippen molar-refractivity contribution in [2.75, 3.05) is 14.2 Å². The highest BCUT2D eigenvalue weighted by Gasteiger charge is 2.72. The average molecular weight is 482 g/mol. The molecule has 160 valence electrons. The Morgan fingerprint density at radius 2 is 1.74 bits per heavy atom. The van der Waals surface area contributed by atoms with Gasteiger partial charge in [0.2, 0.25) is 0 Å². The molecule has 5 rings (SSSR count). The van der Waals surface area contributed by atoms with Gasteiger partial charge in [0.05, 0.1) is 19.8 Å². The van der Waals surface area contributed by atoms with Crippen molar-refractivity contribution >= 4 is 15.9 Å². The summed E-state index contributed by atoms with van der Waals surface area (Å²) >= 11 is 3.52. The molecule has 0 amide bonds. The minimum atomic E-state index is -1.49. The van der Waals surface area contributed by atoms with Crippen LogP contribution in [0.25, 0.3) is 0 Å². The lowest BCUT2D eigenvalue weighted by molar-refractivity contribution is -0.113. The summed E-state index contributed by atoms with van der Waals surface area (Å²) in [6.07, 6.45) is 0.561. The third kappa shape index (κ3) is 2.68. The first-order chi connectivity index (χ1) is 15.0. The molecule has 3 aromatic carbocycles. The standard InChI is InChI=1S/C25H24BrNO4/c1-29-18-12-20(30-2)23-21(13-18)31-25(16-8-10-17(26)11-9-16)19(14-22(27)24(23,25)28)15-6-4-3-5-7-15/h3-13,19,22,28H,14,27H2,1-2H3/t19-,22-,24+,25-/m0/s1. The summed E-state index contributed by atoms with van der Waals surface area (Å²) in [6, 6.07) is 21.0. The number of hydrogen-bond acceptors (Lipinski definition) is 5. The van der Waals surface area contributed by atoms with E-state index >= 15 is 0 Å². The number of aliphatic hydroxyl groups is 1. The van der Waals surface area contributed by atoms with Crippen LogP contribution >= 0.6 is 15.9 Å². The normalized spacial score (nSPS) is 28.5. The van der Waals surface area contributed by atoms with Crippen molar-refractivity contribution in [3.63, 3.8) is 0 Å². The van der Waals surface area contributed by atoms with Crippen LogP contribution in [0.2, 0.25) is 0 Å². The van der Waals surface area contributed by atoms with Gasteiger partial charge >= 0.3 is 0 Å². The second-order valence-corrected chi connectivity index (χ2v) is 9.03. The van der Waals surface area contributed by atoms with Gasteiger partial charge in [-0.15, -0.1) is 0 Å². The Labute approximate surface area is 189 Å². The van der Waals surface area contributed by atoms with Crippen molar-refractivity contribution in [3.8, 4) is 17.2 Å². The van der Waals surface area contributed by atoms with Gasteiger partial charge in [0.15, 0.2) is 11.2 Å². The number of hydrogen-bond donors (Lipinski definition) is 2. The predicted molar refractivity (Wildman–Crippen MR) is 122 cm³/mol. The lowest BCUT2D eigenvalue weighted by Gasteiger charge is -2.41. The fourth-order valence-corrected chi connectivity index (χ4v) is 5.62. The molecule has 0 aromatic heterocycles. The molecule has 1 saturated carbocycles. The number of ether oxygens (including phenoxy) is 3. The zero-order valence-electron chi connectivity index (χ0n) is 17.3. The summed E-state index contributed by atoms with van der Waals surface area (Å²) in [5, 5.41) is 12.4. The fourth-order valence-electron chi connectivity index (χ4n) is 5.36. The maximum absolute atomic E-state index is 12.4. The molecule has 2 aliphatic rings. The van der Waals surface area contributed by atoms with Crippen LogP contribution in [0.1, 0.15) is 29.0 Å². The third-order valence-corrected chi connectivity index (χ3v) is 7.23. The van der Waals surface area contributed by atoms with Crippen molar-refractivity contribution in [2.24, 2.45) is 5.73 Å². The van der Waals surface area contributed by atoms with E-state index in [1.165, 1.54) is 0 Å². The second-order valence-electron chi connectivity index (χ2n) is 8.12. The summed E-state index contributed by atoms with van der Waals surface area (Å²) in [6.45, 7) is 0. The number of nitrogens with two attached hydrogens (primary N) is 1. The van der Waals surface area contributed by atoms with Gasteiger partial charge in [-0.2, -0.15) is 0 Å². The molecular formula is C25H24BrNO4. The van der Waals surface area contributed by atoms with Crippen LogP contribution in [0.4, 0.5) is 0 Å². The summed E-state index contributed by atoms with van der Waals surface area (Å²) in [4.78, 5) is 0. The summed E-state index contributed by atoms with van der Waals surface area (Å²) < 4.78 is 18.8. The predicted octanol–water partition coefficient (Wildman–Crippen LogP) is 4.46. The maximum Gasteiger partial charge on any atom is 0.175 e. The molecule has 1 heterocycles. The molecular weight excluding hydrogens is 458 g/mol. The van der Waals surface area contributed by atoms with Crippen LogP contribution < -0.4 is 19.9 Å². The average Bonchev–Trinajstić information content (AvgIpc) is 3.19. The van der Waals surface area contributed by atoms with Gasteiger partial charge in [-0.25, -0.2) is 0 Å². The molecule has 0 radical (unpaired) electrons. The van der Waals surface area contributed by atoms with Crippen molar-refractivity contribution in [1.29, 1.82) is 0 Å². The smallest absolute Gasteiger partial charge is 0.175 e. The van der Waals surface area contributed by atoms with Gasteiger partial charge in [-0.1, -0.05) is 58.4 Å². The van der Waals surface area contributed by atoms with E-state index in [0.717, 1.165) is 15.6 Å². The molecule has 1 aliphatic heterocycles. The number of fused-ring (bicyclic) bond motifs is 3. The van der Waals surface area contributed by atoms with Gasteiger partial charge in [-0.3, -0.25) is 0 Å². The van der Waals surface area contributed by atoms with E-state index in [1.54, 1.807) is 26.4 Å². The molecule has 4 atom stereocenters. The molecule has 0 unspecified atom stereocenters. The lowest BCUT2D eigenvalue weighted by Crippen LogP contribution is -2.54. The highest BCUT2D eigenvalue weighted by molar-refractivity contribution is 9.10. The fraction of sp³-hybridized carbons (Fsp3) is 0.280. The van der Waals surface area contributed by atoms with Gasteiger partial charge in [0, 0.05) is 28.6 Å². The van der Waals surface area contributed by atoms with Gasteiger partial charge in [0.25, 0.3) is 0 Å². The van der Waals surface area contributed by atoms with Crippen LogP contribution in [0.3, 0.4) is 0 Å². The molecule has 1 aliphatic carbocycles. The van der Waals surface area contributed by atoms with Crippen LogP contribution in [0, 0.1) is 0 Å². The van der Waals surface area contributed by atoms with Crippen molar-refractivity contribution in [2.45, 2.75) is 29.6 Å². The van der Waals surface area contributed by atoms with E-state index in [9.17, 15) is 5.11 Å². The van der Waals surface area contributed by atoms with Crippen molar-refractivity contribution in [3.05, 3.63) is 87.9 Å². The quantitative estimate of drug-likeness (QED) is 0.575. The van der Waals surface area contributed by atoms with Crippen molar-refractivity contribution < 1.29 is 19.3 Å². The number of benzene rings is 3. The van der Waals surface area contributed by atoms with E-state index in [2.05, 4.69) is 28.1 Å². The minimum Gasteiger partial charge on any atom is -0.496 e. The molecule has 1 fully saturated rings. The highest BCUT2D eigenvalue weighted by Crippen LogP contribution is 2.68. The zero-order chi connectivity index (χ0) is 21.8. The van der Waals surface area contributed by atoms with E-state index in [0.29, 0.717) is 29.2 Å². The number of methoxy groups -OCH3 is 2. The Morgan fingerprint density at radius 1 is 1.03 bits per heavy atom. The molecule has 0 spiro atoms. The number of rotatable bonds is 4. The Balaban J connectivity index is 1.82. The summed E-state index contributed by atoms with van der Waals surface area (Å²) in [7, 11) is 3.17. The van der Waals surface area contributed by atoms with Gasteiger partial charge in [-0.05, 0) is 29.7 Å². The Morgan fingerprint density at radius 3 is 2.39 bits per heavy atom. The summed E-state index contributed by atoms with van der Waals surface area (Å²) in [5.74, 6) is 1.45. The van der Waals surface area contributed by atoms with Crippen LogP contribution in [0.15, 0.2) is 71.2 Å². The van der Waals surface area contributed by atoms with E-state index in [1.807, 2.05) is 42.5 Å². The molecule has 31 heavy (non-hydrogen) atoms. The molecule has 0 saturated heterocycles.